The van der Waals surface area contributed by atoms with Crippen LogP contribution in [0, 0.1) is 5.92 Å². The van der Waals surface area contributed by atoms with Gasteiger partial charge in [-0.3, -0.25) is 4.79 Å². The van der Waals surface area contributed by atoms with Gasteiger partial charge in [-0.15, -0.1) is 0 Å². The maximum atomic E-state index is 12.1. The van der Waals surface area contributed by atoms with Crippen molar-refractivity contribution in [3.8, 4) is 0 Å². The second-order valence-corrected chi connectivity index (χ2v) is 6.30. The first-order valence-electron chi connectivity index (χ1n) is 6.92. The monoisotopic (exact) mass is 256 g/mol. The first kappa shape index (κ1) is 13.2. The minimum Gasteiger partial charge on any atom is -0.342 e. The van der Waals surface area contributed by atoms with Crippen molar-refractivity contribution in [3.05, 3.63) is 0 Å². The molecule has 1 amide bonds. The van der Waals surface area contributed by atoms with Gasteiger partial charge in [0.25, 0.3) is 0 Å². The van der Waals surface area contributed by atoms with E-state index in [0.29, 0.717) is 5.91 Å². The van der Waals surface area contributed by atoms with Gasteiger partial charge >= 0.3 is 0 Å². The molecule has 0 aromatic carbocycles. The molecular formula is C13H24N2OS. The number of rotatable bonds is 3. The van der Waals surface area contributed by atoms with Crippen molar-refractivity contribution in [2.45, 2.75) is 32.1 Å². The van der Waals surface area contributed by atoms with Crippen molar-refractivity contribution in [1.29, 1.82) is 0 Å². The molecule has 0 aliphatic carbocycles. The quantitative estimate of drug-likeness (QED) is 0.834. The molecule has 0 spiro atoms. The third-order valence-corrected chi connectivity index (χ3v) is 4.85. The predicted octanol–water partition coefficient (Wildman–Crippen LogP) is 1.73. The summed E-state index contributed by atoms with van der Waals surface area (Å²) >= 11 is 1.98. The maximum absolute atomic E-state index is 12.1. The molecule has 17 heavy (non-hydrogen) atoms. The van der Waals surface area contributed by atoms with Gasteiger partial charge in [0.1, 0.15) is 0 Å². The van der Waals surface area contributed by atoms with Gasteiger partial charge in [-0.1, -0.05) is 0 Å². The van der Waals surface area contributed by atoms with Crippen LogP contribution in [0.2, 0.25) is 0 Å². The van der Waals surface area contributed by atoms with Crippen molar-refractivity contribution >= 4 is 17.7 Å². The van der Waals surface area contributed by atoms with E-state index in [9.17, 15) is 4.79 Å². The zero-order valence-electron chi connectivity index (χ0n) is 10.6. The second kappa shape index (κ2) is 7.27. The van der Waals surface area contributed by atoms with Gasteiger partial charge in [0.2, 0.25) is 5.91 Å². The topological polar surface area (TPSA) is 32.3 Å². The Kier molecular flexibility index (Phi) is 5.65. The Morgan fingerprint density at radius 3 is 2.88 bits per heavy atom. The highest BCUT2D eigenvalue weighted by atomic mass is 32.2. The van der Waals surface area contributed by atoms with Crippen molar-refractivity contribution in [2.24, 2.45) is 5.92 Å². The predicted molar refractivity (Wildman–Crippen MR) is 73.3 cm³/mol. The molecule has 2 aliphatic rings. The number of piperidine rings is 1. The maximum Gasteiger partial charge on any atom is 0.222 e. The summed E-state index contributed by atoms with van der Waals surface area (Å²) in [4.78, 5) is 14.2. The van der Waals surface area contributed by atoms with Crippen LogP contribution < -0.4 is 5.32 Å². The average molecular weight is 256 g/mol. The van der Waals surface area contributed by atoms with Crippen LogP contribution in [0.4, 0.5) is 0 Å². The second-order valence-electron chi connectivity index (χ2n) is 5.08. The van der Waals surface area contributed by atoms with Gasteiger partial charge in [0, 0.05) is 25.3 Å². The Labute approximate surface area is 109 Å². The number of thioether (sulfide) groups is 1. The van der Waals surface area contributed by atoms with Crippen LogP contribution in [0.1, 0.15) is 32.1 Å². The van der Waals surface area contributed by atoms with Crippen LogP contribution in [-0.4, -0.2) is 48.5 Å². The summed E-state index contributed by atoms with van der Waals surface area (Å²) in [5, 5.41) is 3.38. The molecule has 2 rings (SSSR count). The largest absolute Gasteiger partial charge is 0.342 e. The number of nitrogens with zero attached hydrogens (tertiary/aromatic N) is 1. The molecule has 0 bridgehead atoms. The van der Waals surface area contributed by atoms with Gasteiger partial charge in [0.05, 0.1) is 0 Å². The lowest BCUT2D eigenvalue weighted by Crippen LogP contribution is -2.34. The lowest BCUT2D eigenvalue weighted by atomic mass is 9.93. The fraction of sp³-hybridized carbons (Fsp3) is 0.923. The molecule has 98 valence electrons. The van der Waals surface area contributed by atoms with Crippen LogP contribution in [0.15, 0.2) is 0 Å². The van der Waals surface area contributed by atoms with E-state index in [0.717, 1.165) is 50.7 Å². The van der Waals surface area contributed by atoms with E-state index in [-0.39, 0.29) is 0 Å². The number of carbonyl (C=O) groups excluding carboxylic acids is 1. The average Bonchev–Trinajstić information content (AvgIpc) is 2.66. The normalized spacial score (nSPS) is 23.4. The Morgan fingerprint density at radius 2 is 2.06 bits per heavy atom. The zero-order chi connectivity index (χ0) is 11.9. The van der Waals surface area contributed by atoms with E-state index in [1.54, 1.807) is 0 Å². The summed E-state index contributed by atoms with van der Waals surface area (Å²) in [6.07, 6.45) is 5.55. The summed E-state index contributed by atoms with van der Waals surface area (Å²) < 4.78 is 0. The van der Waals surface area contributed by atoms with E-state index in [2.05, 4.69) is 10.2 Å². The van der Waals surface area contributed by atoms with E-state index in [1.807, 2.05) is 11.8 Å². The molecule has 0 unspecified atom stereocenters. The SMILES string of the molecule is O=C(CCC1CCNCC1)N1CCCSCC1. The summed E-state index contributed by atoms with van der Waals surface area (Å²) in [5.41, 5.74) is 0. The van der Waals surface area contributed by atoms with Gasteiger partial charge in [0.15, 0.2) is 0 Å². The van der Waals surface area contributed by atoms with Gasteiger partial charge in [-0.2, -0.15) is 11.8 Å². The van der Waals surface area contributed by atoms with E-state index >= 15 is 0 Å². The smallest absolute Gasteiger partial charge is 0.222 e. The summed E-state index contributed by atoms with van der Waals surface area (Å²) in [6, 6.07) is 0. The molecule has 3 nitrogen and oxygen atoms in total. The number of hydrogen-bond donors (Lipinski definition) is 1. The van der Waals surface area contributed by atoms with Crippen molar-refractivity contribution in [2.75, 3.05) is 37.7 Å². The molecule has 2 aliphatic heterocycles. The van der Waals surface area contributed by atoms with Crippen LogP contribution in [0.3, 0.4) is 0 Å². The van der Waals surface area contributed by atoms with Crippen LogP contribution in [0.5, 0.6) is 0 Å². The molecule has 1 N–H and O–H groups in total. The molecule has 0 aromatic rings. The molecule has 4 heteroatoms. The van der Waals surface area contributed by atoms with Gasteiger partial charge < -0.3 is 10.2 Å². The molecule has 2 fully saturated rings. The highest BCUT2D eigenvalue weighted by molar-refractivity contribution is 7.99. The lowest BCUT2D eigenvalue weighted by molar-refractivity contribution is -0.131. The number of nitrogens with one attached hydrogen (secondary N) is 1. The Hall–Kier alpha value is -0.220. The van der Waals surface area contributed by atoms with Crippen molar-refractivity contribution < 1.29 is 4.79 Å². The lowest BCUT2D eigenvalue weighted by Gasteiger charge is -2.24. The Bertz CT molecular complexity index is 234. The van der Waals surface area contributed by atoms with Crippen LogP contribution >= 0.6 is 11.8 Å². The number of carbonyl (C=O) groups is 1. The molecule has 0 atom stereocenters. The highest BCUT2D eigenvalue weighted by Gasteiger charge is 2.18. The molecule has 0 saturated carbocycles. The van der Waals surface area contributed by atoms with Crippen molar-refractivity contribution in [1.82, 2.24) is 10.2 Å². The first-order chi connectivity index (χ1) is 8.36. The molecule has 0 aromatic heterocycles. The molecule has 2 saturated heterocycles. The molecule has 2 heterocycles. The fourth-order valence-corrected chi connectivity index (χ4v) is 3.54. The van der Waals surface area contributed by atoms with Gasteiger partial charge in [-0.05, 0) is 50.4 Å². The van der Waals surface area contributed by atoms with E-state index < -0.39 is 0 Å². The van der Waals surface area contributed by atoms with Crippen LogP contribution in [-0.2, 0) is 4.79 Å². The van der Waals surface area contributed by atoms with E-state index in [4.69, 9.17) is 0 Å². The number of hydrogen-bond acceptors (Lipinski definition) is 3. The Balaban J connectivity index is 1.68. The zero-order valence-corrected chi connectivity index (χ0v) is 11.4. The standard InChI is InChI=1S/C13H24N2OS/c16-13(15-8-1-10-17-11-9-15)3-2-12-4-6-14-7-5-12/h12,14H,1-11H2. The van der Waals surface area contributed by atoms with Gasteiger partial charge in [-0.25, -0.2) is 0 Å². The third-order valence-electron chi connectivity index (χ3n) is 3.80. The first-order valence-corrected chi connectivity index (χ1v) is 8.08. The summed E-state index contributed by atoms with van der Waals surface area (Å²) in [5.74, 6) is 3.52. The van der Waals surface area contributed by atoms with E-state index in [1.165, 1.54) is 25.0 Å². The highest BCUT2D eigenvalue weighted by Crippen LogP contribution is 2.19. The minimum atomic E-state index is 0.394. The number of amides is 1. The Morgan fingerprint density at radius 1 is 1.24 bits per heavy atom. The van der Waals surface area contributed by atoms with Crippen LogP contribution in [0.25, 0.3) is 0 Å². The van der Waals surface area contributed by atoms with Crippen molar-refractivity contribution in [3.63, 3.8) is 0 Å². The fourth-order valence-electron chi connectivity index (χ4n) is 2.65. The minimum absolute atomic E-state index is 0.394. The molecule has 0 radical (unpaired) electrons. The third kappa shape index (κ3) is 4.51. The summed E-state index contributed by atoms with van der Waals surface area (Å²) in [6.45, 7) is 4.23. The summed E-state index contributed by atoms with van der Waals surface area (Å²) in [7, 11) is 0. The molecular weight excluding hydrogens is 232 g/mol.